The van der Waals surface area contributed by atoms with Crippen LogP contribution in [0.3, 0.4) is 0 Å². The van der Waals surface area contributed by atoms with E-state index in [2.05, 4.69) is 10.1 Å². The van der Waals surface area contributed by atoms with Gasteiger partial charge in [0.25, 0.3) is 6.43 Å². The molecule has 1 N–H and O–H groups in total. The minimum atomic E-state index is -2.36. The van der Waals surface area contributed by atoms with Gasteiger partial charge in [0.1, 0.15) is 0 Å². The van der Waals surface area contributed by atoms with Gasteiger partial charge in [-0.05, 0) is 19.9 Å². The topological polar surface area (TPSA) is 38.3 Å². The van der Waals surface area contributed by atoms with Crippen LogP contribution in [0.25, 0.3) is 0 Å². The Morgan fingerprint density at radius 2 is 2.15 bits per heavy atom. The SMILES string of the molecule is COC(=O)CCCNC(C)C(F)F. The van der Waals surface area contributed by atoms with Crippen LogP contribution in [0.1, 0.15) is 19.8 Å². The summed E-state index contributed by atoms with van der Waals surface area (Å²) < 4.78 is 28.2. The second-order valence-electron chi connectivity index (χ2n) is 2.76. The van der Waals surface area contributed by atoms with E-state index in [0.29, 0.717) is 13.0 Å². The van der Waals surface area contributed by atoms with Crippen LogP contribution < -0.4 is 5.32 Å². The number of ether oxygens (including phenoxy) is 1. The lowest BCUT2D eigenvalue weighted by Crippen LogP contribution is -2.33. The molecular formula is C8H15F2NO2. The van der Waals surface area contributed by atoms with E-state index < -0.39 is 12.5 Å². The van der Waals surface area contributed by atoms with Crippen LogP contribution in [0, 0.1) is 0 Å². The van der Waals surface area contributed by atoms with Gasteiger partial charge >= 0.3 is 5.97 Å². The third kappa shape index (κ3) is 6.45. The van der Waals surface area contributed by atoms with Crippen LogP contribution in [0.5, 0.6) is 0 Å². The molecule has 0 rings (SSSR count). The smallest absolute Gasteiger partial charge is 0.305 e. The lowest BCUT2D eigenvalue weighted by Gasteiger charge is -2.11. The molecule has 0 bridgehead atoms. The molecule has 78 valence electrons. The predicted octanol–water partition coefficient (Wildman–Crippen LogP) is 1.18. The quantitative estimate of drug-likeness (QED) is 0.511. The fourth-order valence-electron chi connectivity index (χ4n) is 0.754. The Bertz CT molecular complexity index is 153. The van der Waals surface area contributed by atoms with E-state index in [1.54, 1.807) is 0 Å². The number of hydrogen-bond donors (Lipinski definition) is 1. The van der Waals surface area contributed by atoms with Crippen molar-refractivity contribution in [3.63, 3.8) is 0 Å². The van der Waals surface area contributed by atoms with Gasteiger partial charge < -0.3 is 10.1 Å². The number of rotatable bonds is 6. The molecule has 0 aromatic rings. The molecule has 0 aliphatic carbocycles. The Labute approximate surface area is 76.4 Å². The maximum atomic E-state index is 11.9. The summed E-state index contributed by atoms with van der Waals surface area (Å²) in [6.45, 7) is 1.81. The molecule has 1 atom stereocenters. The Morgan fingerprint density at radius 1 is 1.54 bits per heavy atom. The number of carbonyl (C=O) groups is 1. The van der Waals surface area contributed by atoms with Gasteiger partial charge in [0.15, 0.2) is 0 Å². The third-order valence-corrected chi connectivity index (χ3v) is 1.63. The molecule has 0 heterocycles. The Hall–Kier alpha value is -0.710. The molecule has 0 aliphatic rings. The zero-order valence-corrected chi connectivity index (χ0v) is 7.85. The van der Waals surface area contributed by atoms with E-state index in [9.17, 15) is 13.6 Å². The minimum Gasteiger partial charge on any atom is -0.469 e. The Morgan fingerprint density at radius 3 is 2.62 bits per heavy atom. The number of esters is 1. The van der Waals surface area contributed by atoms with Crippen molar-refractivity contribution >= 4 is 5.97 Å². The first-order valence-electron chi connectivity index (χ1n) is 4.16. The minimum absolute atomic E-state index is 0.263. The first-order valence-corrected chi connectivity index (χ1v) is 4.16. The molecule has 0 fully saturated rings. The predicted molar refractivity (Wildman–Crippen MR) is 44.7 cm³/mol. The van der Waals surface area contributed by atoms with Gasteiger partial charge in [0.05, 0.1) is 13.2 Å². The summed E-state index contributed by atoms with van der Waals surface area (Å²) in [5.74, 6) is -0.313. The van der Waals surface area contributed by atoms with Crippen LogP contribution >= 0.6 is 0 Å². The summed E-state index contributed by atoms with van der Waals surface area (Å²) in [4.78, 5) is 10.6. The molecule has 3 nitrogen and oxygen atoms in total. The van der Waals surface area contributed by atoms with Gasteiger partial charge in [-0.2, -0.15) is 0 Å². The molecule has 0 amide bonds. The zero-order chi connectivity index (χ0) is 10.3. The van der Waals surface area contributed by atoms with Gasteiger partial charge in [-0.3, -0.25) is 4.79 Å². The summed E-state index contributed by atoms with van der Waals surface area (Å²) in [5.41, 5.74) is 0. The average Bonchev–Trinajstić information content (AvgIpc) is 2.11. The highest BCUT2D eigenvalue weighted by Gasteiger charge is 2.12. The van der Waals surface area contributed by atoms with Gasteiger partial charge in [-0.15, -0.1) is 0 Å². The van der Waals surface area contributed by atoms with Crippen LogP contribution in [0.2, 0.25) is 0 Å². The van der Waals surface area contributed by atoms with Crippen molar-refractivity contribution in [1.29, 1.82) is 0 Å². The van der Waals surface area contributed by atoms with Crippen LogP contribution in [-0.4, -0.2) is 32.1 Å². The highest BCUT2D eigenvalue weighted by molar-refractivity contribution is 5.69. The highest BCUT2D eigenvalue weighted by atomic mass is 19.3. The third-order valence-electron chi connectivity index (χ3n) is 1.63. The molecule has 0 aliphatic heterocycles. The van der Waals surface area contributed by atoms with Gasteiger partial charge in [0, 0.05) is 6.42 Å². The molecule has 1 unspecified atom stereocenters. The van der Waals surface area contributed by atoms with Crippen LogP contribution in [-0.2, 0) is 9.53 Å². The Balaban J connectivity index is 3.30. The van der Waals surface area contributed by atoms with E-state index in [0.717, 1.165) is 0 Å². The van der Waals surface area contributed by atoms with Crippen LogP contribution in [0.15, 0.2) is 0 Å². The standard InChI is InChI=1S/C8H15F2NO2/c1-6(8(9)10)11-5-3-4-7(12)13-2/h6,8,11H,3-5H2,1-2H3. The van der Waals surface area contributed by atoms with E-state index in [1.165, 1.54) is 14.0 Å². The van der Waals surface area contributed by atoms with Gasteiger partial charge in [-0.1, -0.05) is 0 Å². The second kappa shape index (κ2) is 6.77. The number of methoxy groups -OCH3 is 1. The lowest BCUT2D eigenvalue weighted by molar-refractivity contribution is -0.140. The largest absolute Gasteiger partial charge is 0.469 e. The lowest BCUT2D eigenvalue weighted by atomic mass is 10.3. The monoisotopic (exact) mass is 195 g/mol. The average molecular weight is 195 g/mol. The summed E-state index contributed by atoms with van der Waals surface area (Å²) in [6, 6.07) is -0.822. The molecule has 0 aromatic heterocycles. The first-order chi connectivity index (χ1) is 6.07. The van der Waals surface area contributed by atoms with E-state index >= 15 is 0 Å². The van der Waals surface area contributed by atoms with Crippen LogP contribution in [0.4, 0.5) is 8.78 Å². The summed E-state index contributed by atoms with van der Waals surface area (Å²) in [6.07, 6.45) is -1.58. The van der Waals surface area contributed by atoms with Crippen molar-refractivity contribution in [1.82, 2.24) is 5.32 Å². The van der Waals surface area contributed by atoms with Crippen molar-refractivity contribution in [2.45, 2.75) is 32.2 Å². The normalized spacial score (nSPS) is 13.0. The fourth-order valence-corrected chi connectivity index (χ4v) is 0.754. The number of alkyl halides is 2. The van der Waals surface area contributed by atoms with Crippen molar-refractivity contribution in [2.24, 2.45) is 0 Å². The number of halogens is 2. The van der Waals surface area contributed by atoms with Crippen molar-refractivity contribution in [3.8, 4) is 0 Å². The molecular weight excluding hydrogens is 180 g/mol. The maximum absolute atomic E-state index is 11.9. The molecule has 5 heteroatoms. The Kier molecular flexibility index (Phi) is 6.40. The van der Waals surface area contributed by atoms with E-state index in [4.69, 9.17) is 0 Å². The van der Waals surface area contributed by atoms with E-state index in [1.807, 2.05) is 0 Å². The fraction of sp³-hybridized carbons (Fsp3) is 0.875. The zero-order valence-electron chi connectivity index (χ0n) is 7.85. The maximum Gasteiger partial charge on any atom is 0.305 e. The second-order valence-corrected chi connectivity index (χ2v) is 2.76. The number of hydrogen-bond acceptors (Lipinski definition) is 3. The van der Waals surface area contributed by atoms with Crippen molar-refractivity contribution in [3.05, 3.63) is 0 Å². The molecule has 0 radical (unpaired) electrons. The number of carbonyl (C=O) groups excluding carboxylic acids is 1. The van der Waals surface area contributed by atoms with Gasteiger partial charge in [0.2, 0.25) is 0 Å². The summed E-state index contributed by atoms with van der Waals surface area (Å²) in [5, 5.41) is 2.60. The molecule has 13 heavy (non-hydrogen) atoms. The highest BCUT2D eigenvalue weighted by Crippen LogP contribution is 1.99. The van der Waals surface area contributed by atoms with Crippen molar-refractivity contribution < 1.29 is 18.3 Å². The molecule has 0 spiro atoms. The molecule has 0 saturated heterocycles. The summed E-state index contributed by atoms with van der Waals surface area (Å²) >= 11 is 0. The van der Waals surface area contributed by atoms with Crippen molar-refractivity contribution in [2.75, 3.05) is 13.7 Å². The molecule has 0 aromatic carbocycles. The summed E-state index contributed by atoms with van der Waals surface area (Å²) in [7, 11) is 1.30. The van der Waals surface area contributed by atoms with E-state index in [-0.39, 0.29) is 12.4 Å². The van der Waals surface area contributed by atoms with Gasteiger partial charge in [-0.25, -0.2) is 8.78 Å². The molecule has 0 saturated carbocycles. The first kappa shape index (κ1) is 12.3. The number of nitrogens with one attached hydrogen (secondary N) is 1.